The molecular weight excluding hydrogens is 504 g/mol. The lowest BCUT2D eigenvalue weighted by molar-refractivity contribution is -0.156. The van der Waals surface area contributed by atoms with Gasteiger partial charge < -0.3 is 29.5 Å². The van der Waals surface area contributed by atoms with Crippen LogP contribution in [0.3, 0.4) is 0 Å². The quantitative estimate of drug-likeness (QED) is 0.497. The van der Waals surface area contributed by atoms with Gasteiger partial charge in [0.2, 0.25) is 17.7 Å². The summed E-state index contributed by atoms with van der Waals surface area (Å²) in [5.41, 5.74) is 0.828. The molecule has 3 aliphatic heterocycles. The Kier molecular flexibility index (Phi) is 9.42. The van der Waals surface area contributed by atoms with E-state index in [0.29, 0.717) is 58.2 Å². The minimum atomic E-state index is -0.882. The van der Waals surface area contributed by atoms with Crippen molar-refractivity contribution in [2.24, 2.45) is 0 Å². The Bertz CT molecular complexity index is 1070. The number of nitrogens with one attached hydrogen (secondary N) is 1. The molecule has 0 unspecified atom stereocenters. The monoisotopic (exact) mass is 542 g/mol. The smallest absolute Gasteiger partial charge is 0.408 e. The number of amides is 4. The molecule has 3 saturated heterocycles. The summed E-state index contributed by atoms with van der Waals surface area (Å²) in [6.45, 7) is 4.89. The molecule has 4 amide bonds. The van der Waals surface area contributed by atoms with Gasteiger partial charge in [-0.2, -0.15) is 0 Å². The zero-order valence-electron chi connectivity index (χ0n) is 22.7. The highest BCUT2D eigenvalue weighted by atomic mass is 16.5. The number of alkyl carbamates (subject to hydrolysis) is 1. The van der Waals surface area contributed by atoms with Crippen LogP contribution >= 0.6 is 0 Å². The first-order valence-corrected chi connectivity index (χ1v) is 13.9. The molecule has 1 N–H and O–H groups in total. The Morgan fingerprint density at radius 1 is 0.821 bits per heavy atom. The average Bonchev–Trinajstić information content (AvgIpc) is 3.72. The number of esters is 1. The van der Waals surface area contributed by atoms with Crippen LogP contribution in [0, 0.1) is 0 Å². The van der Waals surface area contributed by atoms with Gasteiger partial charge in [-0.05, 0) is 57.9 Å². The van der Waals surface area contributed by atoms with Gasteiger partial charge in [0.15, 0.2) is 0 Å². The summed E-state index contributed by atoms with van der Waals surface area (Å²) in [5.74, 6) is -1.27. The van der Waals surface area contributed by atoms with Crippen LogP contribution in [-0.2, 0) is 35.3 Å². The molecule has 3 aliphatic rings. The number of likely N-dealkylation sites (tertiary alicyclic amines) is 3. The van der Waals surface area contributed by atoms with E-state index in [0.717, 1.165) is 5.56 Å². The summed E-state index contributed by atoms with van der Waals surface area (Å²) < 4.78 is 10.4. The standard InChI is InChI=1S/C28H38N4O7/c1-3-38-27(36)23-14-9-17-32(23)26(35)22-13-8-16-31(22)25(34)21-12-7-15-30(21)24(33)19(2)29-28(37)39-18-20-10-5-4-6-11-20/h4-6,10-11,19,21-23H,3,7-9,12-18H2,1-2H3,(H,29,37)/t19-,21-,22-,23-/m0/s1. The molecule has 0 radical (unpaired) electrons. The van der Waals surface area contributed by atoms with Crippen molar-refractivity contribution >= 4 is 29.8 Å². The largest absolute Gasteiger partial charge is 0.464 e. The van der Waals surface area contributed by atoms with E-state index in [1.807, 2.05) is 30.3 Å². The third-order valence-electron chi connectivity index (χ3n) is 7.65. The predicted octanol–water partition coefficient (Wildman–Crippen LogP) is 1.84. The number of carbonyl (C=O) groups excluding carboxylic acids is 5. The first-order chi connectivity index (χ1) is 18.8. The molecule has 0 aromatic heterocycles. The molecule has 11 nitrogen and oxygen atoms in total. The van der Waals surface area contributed by atoms with E-state index >= 15 is 0 Å². The average molecular weight is 543 g/mol. The number of hydrogen-bond acceptors (Lipinski definition) is 7. The normalized spacial score (nSPS) is 23.4. The van der Waals surface area contributed by atoms with E-state index in [9.17, 15) is 24.0 Å². The van der Waals surface area contributed by atoms with Crippen LogP contribution in [0.15, 0.2) is 30.3 Å². The van der Waals surface area contributed by atoms with Gasteiger partial charge in [0.25, 0.3) is 0 Å². The maximum atomic E-state index is 13.7. The van der Waals surface area contributed by atoms with Crippen LogP contribution in [0.4, 0.5) is 4.79 Å². The summed E-state index contributed by atoms with van der Waals surface area (Å²) in [7, 11) is 0. The van der Waals surface area contributed by atoms with Crippen molar-refractivity contribution in [3.63, 3.8) is 0 Å². The molecular formula is C28H38N4O7. The summed E-state index contributed by atoms with van der Waals surface area (Å²) in [6, 6.07) is 6.36. The zero-order chi connectivity index (χ0) is 27.9. The minimum absolute atomic E-state index is 0.0802. The fraction of sp³-hybridized carbons (Fsp3) is 0.607. The van der Waals surface area contributed by atoms with Crippen molar-refractivity contribution in [1.29, 1.82) is 0 Å². The molecule has 0 spiro atoms. The summed E-state index contributed by atoms with van der Waals surface area (Å²) >= 11 is 0. The third-order valence-corrected chi connectivity index (χ3v) is 7.65. The Morgan fingerprint density at radius 2 is 1.36 bits per heavy atom. The molecule has 11 heteroatoms. The molecule has 212 valence electrons. The van der Waals surface area contributed by atoms with Crippen molar-refractivity contribution in [2.75, 3.05) is 26.2 Å². The van der Waals surface area contributed by atoms with E-state index in [-0.39, 0.29) is 30.9 Å². The van der Waals surface area contributed by atoms with Gasteiger partial charge in [-0.1, -0.05) is 30.3 Å². The van der Waals surface area contributed by atoms with Gasteiger partial charge >= 0.3 is 12.1 Å². The van der Waals surface area contributed by atoms with Crippen LogP contribution in [0.5, 0.6) is 0 Å². The molecule has 0 saturated carbocycles. The highest BCUT2D eigenvalue weighted by molar-refractivity contribution is 5.95. The second-order valence-corrected chi connectivity index (χ2v) is 10.2. The first kappa shape index (κ1) is 28.4. The van der Waals surface area contributed by atoms with Crippen LogP contribution in [0.1, 0.15) is 57.9 Å². The van der Waals surface area contributed by atoms with Crippen molar-refractivity contribution in [1.82, 2.24) is 20.0 Å². The van der Waals surface area contributed by atoms with Gasteiger partial charge in [0, 0.05) is 19.6 Å². The molecule has 0 aliphatic carbocycles. The second-order valence-electron chi connectivity index (χ2n) is 10.2. The molecule has 4 rings (SSSR count). The lowest BCUT2D eigenvalue weighted by Crippen LogP contribution is -2.56. The Labute approximate surface area is 228 Å². The van der Waals surface area contributed by atoms with Gasteiger partial charge in [0.1, 0.15) is 30.8 Å². The fourth-order valence-corrected chi connectivity index (χ4v) is 5.72. The van der Waals surface area contributed by atoms with E-state index in [1.165, 1.54) is 4.90 Å². The SMILES string of the molecule is CCOC(=O)[C@@H]1CCCN1C(=O)[C@@H]1CCCN1C(=O)[C@@H]1CCCN1C(=O)[C@H](C)NC(=O)OCc1ccccc1. The number of rotatable bonds is 8. The van der Waals surface area contributed by atoms with Crippen molar-refractivity contribution in [3.05, 3.63) is 35.9 Å². The topological polar surface area (TPSA) is 126 Å². The fourth-order valence-electron chi connectivity index (χ4n) is 5.72. The Balaban J connectivity index is 1.35. The maximum Gasteiger partial charge on any atom is 0.408 e. The zero-order valence-corrected chi connectivity index (χ0v) is 22.7. The van der Waals surface area contributed by atoms with E-state index in [2.05, 4.69) is 5.32 Å². The Hall–Kier alpha value is -3.63. The molecule has 0 bridgehead atoms. The number of hydrogen-bond donors (Lipinski definition) is 1. The summed E-state index contributed by atoms with van der Waals surface area (Å²) in [5, 5.41) is 2.56. The Morgan fingerprint density at radius 3 is 1.97 bits per heavy atom. The molecule has 1 aromatic rings. The van der Waals surface area contributed by atoms with Crippen molar-refractivity contribution in [2.45, 2.75) is 83.1 Å². The number of benzene rings is 1. The summed E-state index contributed by atoms with van der Waals surface area (Å²) in [4.78, 5) is 69.7. The first-order valence-electron chi connectivity index (χ1n) is 13.9. The molecule has 3 heterocycles. The number of nitrogens with zero attached hydrogens (tertiary/aromatic N) is 3. The highest BCUT2D eigenvalue weighted by Crippen LogP contribution is 2.29. The second kappa shape index (κ2) is 12.9. The van der Waals surface area contributed by atoms with Gasteiger partial charge in [0.05, 0.1) is 6.61 Å². The highest BCUT2D eigenvalue weighted by Gasteiger charge is 2.46. The predicted molar refractivity (Wildman–Crippen MR) is 140 cm³/mol. The number of carbonyl (C=O) groups is 5. The molecule has 4 atom stereocenters. The van der Waals surface area contributed by atoms with Crippen LogP contribution < -0.4 is 5.32 Å². The molecule has 39 heavy (non-hydrogen) atoms. The van der Waals surface area contributed by atoms with Crippen LogP contribution in [0.2, 0.25) is 0 Å². The summed E-state index contributed by atoms with van der Waals surface area (Å²) in [6.07, 6.45) is 2.87. The minimum Gasteiger partial charge on any atom is -0.464 e. The van der Waals surface area contributed by atoms with E-state index in [4.69, 9.17) is 9.47 Å². The van der Waals surface area contributed by atoms with Crippen molar-refractivity contribution < 1.29 is 33.4 Å². The number of ether oxygens (including phenoxy) is 2. The van der Waals surface area contributed by atoms with Crippen LogP contribution in [0.25, 0.3) is 0 Å². The van der Waals surface area contributed by atoms with Gasteiger partial charge in [-0.15, -0.1) is 0 Å². The lowest BCUT2D eigenvalue weighted by atomic mass is 10.1. The lowest BCUT2D eigenvalue weighted by Gasteiger charge is -2.34. The van der Waals surface area contributed by atoms with Gasteiger partial charge in [-0.3, -0.25) is 14.4 Å². The van der Waals surface area contributed by atoms with Gasteiger partial charge in [-0.25, -0.2) is 9.59 Å². The molecule has 3 fully saturated rings. The molecule has 1 aromatic carbocycles. The van der Waals surface area contributed by atoms with E-state index < -0.39 is 36.2 Å². The maximum absolute atomic E-state index is 13.7. The third kappa shape index (κ3) is 6.51. The van der Waals surface area contributed by atoms with Crippen molar-refractivity contribution in [3.8, 4) is 0 Å². The van der Waals surface area contributed by atoms with Crippen LogP contribution in [-0.4, -0.2) is 94.9 Å². The van der Waals surface area contributed by atoms with E-state index in [1.54, 1.807) is 23.6 Å².